The molecule has 0 spiro atoms. The molecule has 1 fully saturated rings. The van der Waals surface area contributed by atoms with Crippen LogP contribution in [0.4, 0.5) is 0 Å². The van der Waals surface area contributed by atoms with E-state index in [9.17, 15) is 14.4 Å². The third-order valence-electron chi connectivity index (χ3n) is 4.10. The number of hydrogen-bond donors (Lipinski definition) is 0. The minimum Gasteiger partial charge on any atom is -0.366 e. The van der Waals surface area contributed by atoms with Gasteiger partial charge in [-0.05, 0) is 37.8 Å². The number of rotatable bonds is 3. The topological polar surface area (TPSA) is 72.9 Å². The average molecular weight is 289 g/mol. The molecule has 1 aromatic rings. The molecule has 3 rings (SSSR count). The van der Waals surface area contributed by atoms with Crippen molar-refractivity contribution in [1.29, 1.82) is 0 Å². The quantitative estimate of drug-likeness (QED) is 0.792. The molecule has 1 saturated carbocycles. The summed E-state index contributed by atoms with van der Waals surface area (Å²) in [5.74, 6) is -1.92. The van der Waals surface area contributed by atoms with Crippen molar-refractivity contribution in [3.8, 4) is 0 Å². The van der Waals surface area contributed by atoms with Crippen molar-refractivity contribution in [2.24, 2.45) is 0 Å². The molecule has 21 heavy (non-hydrogen) atoms. The van der Waals surface area contributed by atoms with Crippen LogP contribution in [-0.4, -0.2) is 35.6 Å². The molecule has 2 aliphatic rings. The number of imide groups is 1. The SMILES string of the molecule is COC1(C(=O)ON2C(=O)c3ccccc3C2=O)CCCC1. The highest BCUT2D eigenvalue weighted by atomic mass is 16.7. The molecule has 0 N–H and O–H groups in total. The van der Waals surface area contributed by atoms with Crippen LogP contribution in [0.5, 0.6) is 0 Å². The molecule has 1 aromatic carbocycles. The number of ether oxygens (including phenoxy) is 1. The fourth-order valence-corrected chi connectivity index (χ4v) is 2.85. The van der Waals surface area contributed by atoms with E-state index in [1.807, 2.05) is 0 Å². The van der Waals surface area contributed by atoms with E-state index in [1.165, 1.54) is 19.2 Å². The normalized spacial score (nSPS) is 19.8. The van der Waals surface area contributed by atoms with Crippen LogP contribution in [0.1, 0.15) is 46.4 Å². The highest BCUT2D eigenvalue weighted by molar-refractivity contribution is 6.20. The minimum absolute atomic E-state index is 0.244. The van der Waals surface area contributed by atoms with Gasteiger partial charge in [0.05, 0.1) is 11.1 Å². The fourth-order valence-electron chi connectivity index (χ4n) is 2.85. The molecule has 110 valence electrons. The van der Waals surface area contributed by atoms with Gasteiger partial charge in [-0.2, -0.15) is 0 Å². The second-order valence-corrected chi connectivity index (χ2v) is 5.23. The second-order valence-electron chi connectivity index (χ2n) is 5.23. The smallest absolute Gasteiger partial charge is 0.364 e. The zero-order valence-corrected chi connectivity index (χ0v) is 11.6. The first-order valence-corrected chi connectivity index (χ1v) is 6.84. The summed E-state index contributed by atoms with van der Waals surface area (Å²) in [5, 5.41) is 0.534. The summed E-state index contributed by atoms with van der Waals surface area (Å²) < 4.78 is 5.29. The number of fused-ring (bicyclic) bond motifs is 1. The van der Waals surface area contributed by atoms with E-state index in [1.54, 1.807) is 12.1 Å². The molecule has 0 atom stereocenters. The molecule has 6 heteroatoms. The lowest BCUT2D eigenvalue weighted by molar-refractivity contribution is -0.192. The summed E-state index contributed by atoms with van der Waals surface area (Å²) >= 11 is 0. The third-order valence-corrected chi connectivity index (χ3v) is 4.10. The molecule has 0 bridgehead atoms. The van der Waals surface area contributed by atoms with Crippen molar-refractivity contribution < 1.29 is 24.0 Å². The lowest BCUT2D eigenvalue weighted by atomic mass is 10.0. The Bertz CT molecular complexity index is 583. The molecular weight excluding hydrogens is 274 g/mol. The highest BCUT2D eigenvalue weighted by Gasteiger charge is 2.47. The van der Waals surface area contributed by atoms with E-state index < -0.39 is 23.4 Å². The van der Waals surface area contributed by atoms with Crippen LogP contribution < -0.4 is 0 Å². The van der Waals surface area contributed by atoms with Gasteiger partial charge in [-0.1, -0.05) is 17.2 Å². The Morgan fingerprint density at radius 1 is 1.10 bits per heavy atom. The van der Waals surface area contributed by atoms with Crippen LogP contribution in [0, 0.1) is 0 Å². The zero-order chi connectivity index (χ0) is 15.0. The van der Waals surface area contributed by atoms with Crippen LogP contribution >= 0.6 is 0 Å². The van der Waals surface area contributed by atoms with Gasteiger partial charge in [-0.3, -0.25) is 9.59 Å². The third kappa shape index (κ3) is 2.03. The first-order chi connectivity index (χ1) is 10.1. The highest BCUT2D eigenvalue weighted by Crippen LogP contribution is 2.35. The molecule has 1 aliphatic heterocycles. The Morgan fingerprint density at radius 2 is 1.62 bits per heavy atom. The predicted octanol–water partition coefficient (Wildman–Crippen LogP) is 1.70. The molecule has 2 amide bonds. The second kappa shape index (κ2) is 4.96. The lowest BCUT2D eigenvalue weighted by Gasteiger charge is -2.26. The summed E-state index contributed by atoms with van der Waals surface area (Å²) in [7, 11) is 1.44. The first-order valence-electron chi connectivity index (χ1n) is 6.84. The fraction of sp³-hybridized carbons (Fsp3) is 0.400. The van der Waals surface area contributed by atoms with Crippen molar-refractivity contribution in [2.75, 3.05) is 7.11 Å². The van der Waals surface area contributed by atoms with Gasteiger partial charge in [0.2, 0.25) is 0 Å². The number of carbonyl (C=O) groups excluding carboxylic acids is 3. The van der Waals surface area contributed by atoms with Crippen molar-refractivity contribution in [3.63, 3.8) is 0 Å². The molecule has 6 nitrogen and oxygen atoms in total. The van der Waals surface area contributed by atoms with Crippen molar-refractivity contribution in [3.05, 3.63) is 35.4 Å². The predicted molar refractivity (Wildman–Crippen MR) is 71.2 cm³/mol. The molecule has 1 aliphatic carbocycles. The Morgan fingerprint density at radius 3 is 2.10 bits per heavy atom. The molecule has 0 saturated heterocycles. The van der Waals surface area contributed by atoms with Gasteiger partial charge in [0.25, 0.3) is 11.8 Å². The average Bonchev–Trinajstić information content (AvgIpc) is 3.08. The van der Waals surface area contributed by atoms with Crippen LogP contribution in [0.2, 0.25) is 0 Å². The van der Waals surface area contributed by atoms with Crippen LogP contribution in [-0.2, 0) is 14.4 Å². The van der Waals surface area contributed by atoms with Crippen LogP contribution in [0.3, 0.4) is 0 Å². The number of benzene rings is 1. The first kappa shape index (κ1) is 13.8. The number of nitrogens with zero attached hydrogens (tertiary/aromatic N) is 1. The van der Waals surface area contributed by atoms with Crippen molar-refractivity contribution >= 4 is 17.8 Å². The maximum absolute atomic E-state index is 12.3. The van der Waals surface area contributed by atoms with Gasteiger partial charge in [0.15, 0.2) is 5.60 Å². The number of methoxy groups -OCH3 is 1. The van der Waals surface area contributed by atoms with Crippen LogP contribution in [0.15, 0.2) is 24.3 Å². The monoisotopic (exact) mass is 289 g/mol. The summed E-state index contributed by atoms with van der Waals surface area (Å²) in [5.41, 5.74) is -0.559. The van der Waals surface area contributed by atoms with E-state index in [0.717, 1.165) is 12.8 Å². The number of hydrogen-bond acceptors (Lipinski definition) is 5. The van der Waals surface area contributed by atoms with Crippen molar-refractivity contribution in [1.82, 2.24) is 5.06 Å². The van der Waals surface area contributed by atoms with Gasteiger partial charge >= 0.3 is 5.97 Å². The summed E-state index contributed by atoms with van der Waals surface area (Å²) in [6.07, 6.45) is 2.77. The summed E-state index contributed by atoms with van der Waals surface area (Å²) in [4.78, 5) is 41.6. The van der Waals surface area contributed by atoms with Gasteiger partial charge in [-0.15, -0.1) is 0 Å². The largest absolute Gasteiger partial charge is 0.366 e. The van der Waals surface area contributed by atoms with Crippen molar-refractivity contribution in [2.45, 2.75) is 31.3 Å². The van der Waals surface area contributed by atoms with E-state index in [0.29, 0.717) is 17.9 Å². The number of carbonyl (C=O) groups is 3. The lowest BCUT2D eigenvalue weighted by Crippen LogP contribution is -2.44. The Hall–Kier alpha value is -2.21. The molecular formula is C15H15NO5. The Kier molecular flexibility index (Phi) is 3.25. The van der Waals surface area contributed by atoms with Gasteiger partial charge in [0.1, 0.15) is 0 Å². The Labute approximate surface area is 121 Å². The van der Waals surface area contributed by atoms with E-state index in [-0.39, 0.29) is 11.1 Å². The molecule has 0 aromatic heterocycles. The van der Waals surface area contributed by atoms with Crippen LogP contribution in [0.25, 0.3) is 0 Å². The maximum Gasteiger partial charge on any atom is 0.364 e. The zero-order valence-electron chi connectivity index (χ0n) is 11.6. The summed E-state index contributed by atoms with van der Waals surface area (Å²) in [6, 6.07) is 6.38. The van der Waals surface area contributed by atoms with Gasteiger partial charge in [-0.25, -0.2) is 4.79 Å². The van der Waals surface area contributed by atoms with E-state index in [4.69, 9.17) is 9.57 Å². The summed E-state index contributed by atoms with van der Waals surface area (Å²) in [6.45, 7) is 0. The van der Waals surface area contributed by atoms with Gasteiger partial charge in [0, 0.05) is 7.11 Å². The number of hydroxylamine groups is 2. The van der Waals surface area contributed by atoms with Gasteiger partial charge < -0.3 is 9.57 Å². The Balaban J connectivity index is 1.82. The maximum atomic E-state index is 12.3. The molecule has 0 unspecified atom stereocenters. The standard InChI is InChI=1S/C15H15NO5/c1-20-15(8-4-5-9-15)14(19)21-16-12(17)10-6-2-3-7-11(10)13(16)18/h2-3,6-7H,4-5,8-9H2,1H3. The minimum atomic E-state index is -1.05. The van der Waals surface area contributed by atoms with E-state index >= 15 is 0 Å². The molecule has 0 radical (unpaired) electrons. The number of amides is 2. The van der Waals surface area contributed by atoms with E-state index in [2.05, 4.69) is 0 Å². The molecule has 1 heterocycles.